The molecule has 0 aromatic heterocycles. The number of carbonyl (C=O) groups is 1. The number of halogens is 2. The molecule has 6 nitrogen and oxygen atoms in total. The third-order valence-electron chi connectivity index (χ3n) is 3.16. The number of amides is 1. The van der Waals surface area contributed by atoms with Crippen molar-refractivity contribution >= 4 is 33.2 Å². The van der Waals surface area contributed by atoms with E-state index in [4.69, 9.17) is 16.9 Å². The van der Waals surface area contributed by atoms with Gasteiger partial charge in [-0.15, -0.1) is 0 Å². The molecule has 0 radical (unpaired) electrons. The van der Waals surface area contributed by atoms with E-state index in [0.29, 0.717) is 0 Å². The summed E-state index contributed by atoms with van der Waals surface area (Å²) in [5, 5.41) is 10.7. The number of anilines is 1. The monoisotopic (exact) mass is 381 g/mol. The second-order valence-corrected chi connectivity index (χ2v) is 7.06. The van der Waals surface area contributed by atoms with E-state index in [-0.39, 0.29) is 34.1 Å². The van der Waals surface area contributed by atoms with Gasteiger partial charge in [0.15, 0.2) is 5.82 Å². The lowest BCUT2D eigenvalue weighted by molar-refractivity contribution is 0.102. The minimum atomic E-state index is -3.76. The molecular weight excluding hydrogens is 369 g/mol. The van der Waals surface area contributed by atoms with Crippen LogP contribution in [0.15, 0.2) is 47.4 Å². The Hall–Kier alpha value is -2.47. The average molecular weight is 382 g/mol. The summed E-state index contributed by atoms with van der Waals surface area (Å²) in [5.41, 5.74) is 0.0720. The van der Waals surface area contributed by atoms with Crippen LogP contribution >= 0.6 is 11.6 Å². The highest BCUT2D eigenvalue weighted by Crippen LogP contribution is 2.22. The first-order valence-corrected chi connectivity index (χ1v) is 8.93. The molecule has 0 aliphatic rings. The van der Waals surface area contributed by atoms with Crippen LogP contribution in [0.4, 0.5) is 10.1 Å². The highest BCUT2D eigenvalue weighted by molar-refractivity contribution is 7.89. The summed E-state index contributed by atoms with van der Waals surface area (Å²) in [7, 11) is -3.76. The van der Waals surface area contributed by atoms with Crippen LogP contribution < -0.4 is 10.0 Å². The van der Waals surface area contributed by atoms with Gasteiger partial charge in [-0.2, -0.15) is 5.26 Å². The summed E-state index contributed by atoms with van der Waals surface area (Å²) in [6.45, 7) is -0.00485. The standard InChI is InChI=1S/C16H13ClFN3O3S/c17-13-3-1-4-14(15(13)18)21-16(22)11-5-7-12(8-6-11)25(23,24)20-10-2-9-19/h1,3-8,20H,2,10H2,(H,21,22). The molecule has 0 unspecified atom stereocenters. The van der Waals surface area contributed by atoms with Gasteiger partial charge in [0.25, 0.3) is 5.91 Å². The molecule has 2 rings (SSSR count). The van der Waals surface area contributed by atoms with E-state index < -0.39 is 21.7 Å². The van der Waals surface area contributed by atoms with Crippen LogP contribution in [0.25, 0.3) is 0 Å². The van der Waals surface area contributed by atoms with Crippen molar-refractivity contribution in [2.45, 2.75) is 11.3 Å². The van der Waals surface area contributed by atoms with E-state index in [2.05, 4.69) is 10.0 Å². The molecule has 25 heavy (non-hydrogen) atoms. The van der Waals surface area contributed by atoms with Crippen molar-refractivity contribution in [3.63, 3.8) is 0 Å². The van der Waals surface area contributed by atoms with Crippen LogP contribution in [0.5, 0.6) is 0 Å². The number of hydrogen-bond donors (Lipinski definition) is 2. The molecule has 2 aromatic carbocycles. The van der Waals surface area contributed by atoms with Gasteiger partial charge in [0.1, 0.15) is 0 Å². The molecule has 0 spiro atoms. The number of hydrogen-bond acceptors (Lipinski definition) is 4. The van der Waals surface area contributed by atoms with Crippen LogP contribution in [0.1, 0.15) is 16.8 Å². The van der Waals surface area contributed by atoms with Crippen LogP contribution in [0.2, 0.25) is 5.02 Å². The molecule has 130 valence electrons. The smallest absolute Gasteiger partial charge is 0.255 e. The zero-order chi connectivity index (χ0) is 18.4. The van der Waals surface area contributed by atoms with Crippen molar-refractivity contribution < 1.29 is 17.6 Å². The predicted molar refractivity (Wildman–Crippen MR) is 91.2 cm³/mol. The summed E-state index contributed by atoms with van der Waals surface area (Å²) in [4.78, 5) is 12.1. The fraction of sp³-hybridized carbons (Fsp3) is 0.125. The van der Waals surface area contributed by atoms with Gasteiger partial charge < -0.3 is 5.32 Å². The number of nitriles is 1. The van der Waals surface area contributed by atoms with Gasteiger partial charge in [0.2, 0.25) is 10.0 Å². The van der Waals surface area contributed by atoms with Gasteiger partial charge in [0.05, 0.1) is 21.7 Å². The second kappa shape index (κ2) is 8.07. The third kappa shape index (κ3) is 4.76. The normalized spacial score (nSPS) is 10.9. The molecule has 1 amide bonds. The number of carbonyl (C=O) groups excluding carboxylic acids is 1. The molecule has 0 aliphatic heterocycles. The van der Waals surface area contributed by atoms with Gasteiger partial charge in [-0.3, -0.25) is 4.79 Å². The lowest BCUT2D eigenvalue weighted by atomic mass is 10.2. The van der Waals surface area contributed by atoms with Crippen LogP contribution in [0.3, 0.4) is 0 Å². The Morgan fingerprint density at radius 1 is 1.20 bits per heavy atom. The fourth-order valence-electron chi connectivity index (χ4n) is 1.90. The van der Waals surface area contributed by atoms with Crippen molar-refractivity contribution in [3.8, 4) is 6.07 Å². The molecule has 0 fully saturated rings. The van der Waals surface area contributed by atoms with Crippen LogP contribution in [-0.2, 0) is 10.0 Å². The zero-order valence-electron chi connectivity index (χ0n) is 12.8. The van der Waals surface area contributed by atoms with E-state index in [1.807, 2.05) is 6.07 Å². The Kier molecular flexibility index (Phi) is 6.09. The summed E-state index contributed by atoms with van der Waals surface area (Å²) < 4.78 is 40.0. The Morgan fingerprint density at radius 3 is 2.52 bits per heavy atom. The molecule has 0 bridgehead atoms. The van der Waals surface area contributed by atoms with Crippen molar-refractivity contribution in [1.82, 2.24) is 4.72 Å². The summed E-state index contributed by atoms with van der Waals surface area (Å²) in [6.07, 6.45) is 0.0465. The Bertz CT molecular complexity index is 925. The Balaban J connectivity index is 2.13. The maximum absolute atomic E-state index is 13.8. The minimum Gasteiger partial charge on any atom is -0.319 e. The van der Waals surface area contributed by atoms with Crippen molar-refractivity contribution in [2.24, 2.45) is 0 Å². The minimum absolute atomic E-state index is 0.00485. The molecule has 9 heteroatoms. The highest BCUT2D eigenvalue weighted by Gasteiger charge is 2.15. The van der Waals surface area contributed by atoms with Crippen LogP contribution in [0, 0.1) is 17.1 Å². The van der Waals surface area contributed by atoms with Crippen LogP contribution in [-0.4, -0.2) is 20.9 Å². The van der Waals surface area contributed by atoms with Crippen molar-refractivity contribution in [2.75, 3.05) is 11.9 Å². The number of benzene rings is 2. The van der Waals surface area contributed by atoms with Gasteiger partial charge in [-0.25, -0.2) is 17.5 Å². The lowest BCUT2D eigenvalue weighted by Gasteiger charge is -2.08. The SMILES string of the molecule is N#CCCNS(=O)(=O)c1ccc(C(=O)Nc2cccc(Cl)c2F)cc1. The average Bonchev–Trinajstić information content (AvgIpc) is 2.59. The summed E-state index contributed by atoms with van der Waals surface area (Å²) in [6, 6.07) is 11.1. The topological polar surface area (TPSA) is 99.1 Å². The molecule has 2 N–H and O–H groups in total. The van der Waals surface area contributed by atoms with E-state index in [9.17, 15) is 17.6 Å². The quantitative estimate of drug-likeness (QED) is 0.751. The van der Waals surface area contributed by atoms with Gasteiger partial charge >= 0.3 is 0 Å². The first-order chi connectivity index (χ1) is 11.8. The number of rotatable bonds is 6. The van der Waals surface area contributed by atoms with E-state index in [1.165, 1.54) is 42.5 Å². The Labute approximate surface area is 149 Å². The summed E-state index contributed by atoms with van der Waals surface area (Å²) in [5.74, 6) is -1.36. The molecule has 0 saturated carbocycles. The molecule has 0 heterocycles. The molecule has 0 atom stereocenters. The van der Waals surface area contributed by atoms with Crippen molar-refractivity contribution in [3.05, 3.63) is 58.9 Å². The largest absolute Gasteiger partial charge is 0.319 e. The summed E-state index contributed by atoms with van der Waals surface area (Å²) >= 11 is 5.65. The highest BCUT2D eigenvalue weighted by atomic mass is 35.5. The molecule has 2 aromatic rings. The van der Waals surface area contributed by atoms with E-state index >= 15 is 0 Å². The van der Waals surface area contributed by atoms with Crippen molar-refractivity contribution in [1.29, 1.82) is 5.26 Å². The van der Waals surface area contributed by atoms with Gasteiger partial charge in [0, 0.05) is 18.5 Å². The molecule has 0 aliphatic carbocycles. The maximum atomic E-state index is 13.8. The number of nitrogens with one attached hydrogen (secondary N) is 2. The zero-order valence-corrected chi connectivity index (χ0v) is 14.4. The second-order valence-electron chi connectivity index (χ2n) is 4.89. The third-order valence-corrected chi connectivity index (χ3v) is 4.92. The van der Waals surface area contributed by atoms with E-state index in [1.54, 1.807) is 0 Å². The number of sulfonamides is 1. The predicted octanol–water partition coefficient (Wildman–Crippen LogP) is 2.92. The lowest BCUT2D eigenvalue weighted by Crippen LogP contribution is -2.24. The maximum Gasteiger partial charge on any atom is 0.255 e. The first kappa shape index (κ1) is 18.9. The molecule has 0 saturated heterocycles. The van der Waals surface area contributed by atoms with Gasteiger partial charge in [-0.05, 0) is 36.4 Å². The number of nitrogens with zero attached hydrogens (tertiary/aromatic N) is 1. The Morgan fingerprint density at radius 2 is 1.88 bits per heavy atom. The fourth-order valence-corrected chi connectivity index (χ4v) is 3.11. The van der Waals surface area contributed by atoms with E-state index in [0.717, 1.165) is 0 Å². The molecular formula is C16H13ClFN3O3S. The first-order valence-electron chi connectivity index (χ1n) is 7.07. The van der Waals surface area contributed by atoms with Gasteiger partial charge in [-0.1, -0.05) is 17.7 Å².